The number of aryl methyl sites for hydroxylation is 1. The number of anilines is 1. The Morgan fingerprint density at radius 3 is 2.30 bits per heavy atom. The third kappa shape index (κ3) is 4.92. The van der Waals surface area contributed by atoms with Gasteiger partial charge in [0.05, 0.1) is 22.3 Å². The van der Waals surface area contributed by atoms with Crippen LogP contribution in [0.4, 0.5) is 10.1 Å². The lowest BCUT2D eigenvalue weighted by atomic mass is 10.1. The molecule has 0 radical (unpaired) electrons. The lowest BCUT2D eigenvalue weighted by molar-refractivity contribution is 0.0740. The van der Waals surface area contributed by atoms with E-state index in [4.69, 9.17) is 4.74 Å². The Kier molecular flexibility index (Phi) is 6.36. The average Bonchev–Trinajstić information content (AvgIpc) is 2.67. The Bertz CT molecular complexity index is 1050. The van der Waals surface area contributed by atoms with E-state index in [1.54, 1.807) is 11.0 Å². The number of halogens is 1. The molecule has 162 valence electrons. The first-order valence-electron chi connectivity index (χ1n) is 9.87. The van der Waals surface area contributed by atoms with Crippen LogP contribution in [0.1, 0.15) is 29.8 Å². The molecule has 0 spiro atoms. The summed E-state index contributed by atoms with van der Waals surface area (Å²) in [7, 11) is -3.46. The topological polar surface area (TPSA) is 66.9 Å². The number of carbonyl (C=O) groups is 1. The molecule has 0 aliphatic carbocycles. The van der Waals surface area contributed by atoms with Crippen LogP contribution in [0, 0.1) is 12.7 Å². The van der Waals surface area contributed by atoms with E-state index in [0.29, 0.717) is 37.6 Å². The second kappa shape index (κ2) is 8.63. The lowest BCUT2D eigenvalue weighted by Gasteiger charge is -2.36. The van der Waals surface area contributed by atoms with Crippen molar-refractivity contribution in [2.45, 2.75) is 31.8 Å². The molecule has 1 amide bonds. The molecule has 8 heteroatoms. The summed E-state index contributed by atoms with van der Waals surface area (Å²) in [5.74, 6) is -0.210. The number of hydrogen-bond acceptors (Lipinski definition) is 5. The smallest absolute Gasteiger partial charge is 0.257 e. The first kappa shape index (κ1) is 22.1. The van der Waals surface area contributed by atoms with Gasteiger partial charge in [0.1, 0.15) is 11.6 Å². The van der Waals surface area contributed by atoms with Gasteiger partial charge in [0, 0.05) is 32.4 Å². The Morgan fingerprint density at radius 1 is 1.07 bits per heavy atom. The standard InChI is InChI=1S/C22H27FN2O4S/c1-15(2)29-21-8-6-17(30(4,27)28)14-18(21)22(26)25-11-9-24(10-12-25)20-7-5-16(3)13-19(20)23/h5-8,13-15H,9-12H2,1-4H3. The average molecular weight is 435 g/mol. The number of nitrogens with zero attached hydrogens (tertiary/aromatic N) is 2. The van der Waals surface area contributed by atoms with Gasteiger partial charge in [0.15, 0.2) is 9.84 Å². The lowest BCUT2D eigenvalue weighted by Crippen LogP contribution is -2.49. The summed E-state index contributed by atoms with van der Waals surface area (Å²) >= 11 is 0. The van der Waals surface area contributed by atoms with Gasteiger partial charge in [-0.15, -0.1) is 0 Å². The summed E-state index contributed by atoms with van der Waals surface area (Å²) in [5, 5.41) is 0. The number of piperazine rings is 1. The van der Waals surface area contributed by atoms with Gasteiger partial charge in [-0.05, 0) is 56.7 Å². The van der Waals surface area contributed by atoms with E-state index < -0.39 is 9.84 Å². The number of carbonyl (C=O) groups excluding carboxylic acids is 1. The van der Waals surface area contributed by atoms with Crippen molar-refractivity contribution in [2.75, 3.05) is 37.3 Å². The molecule has 2 aromatic rings. The highest BCUT2D eigenvalue weighted by Gasteiger charge is 2.27. The minimum atomic E-state index is -3.46. The zero-order valence-corrected chi connectivity index (χ0v) is 18.5. The number of ether oxygens (including phenoxy) is 1. The summed E-state index contributed by atoms with van der Waals surface area (Å²) in [5.41, 5.74) is 1.60. The molecule has 1 aliphatic heterocycles. The second-order valence-electron chi connectivity index (χ2n) is 7.83. The second-order valence-corrected chi connectivity index (χ2v) is 9.85. The Hall–Kier alpha value is -2.61. The van der Waals surface area contributed by atoms with Crippen molar-refractivity contribution in [3.05, 3.63) is 53.3 Å². The van der Waals surface area contributed by atoms with Crippen LogP contribution in [-0.4, -0.2) is 57.8 Å². The highest BCUT2D eigenvalue weighted by molar-refractivity contribution is 7.90. The molecule has 0 unspecified atom stereocenters. The van der Waals surface area contributed by atoms with Gasteiger partial charge in [-0.2, -0.15) is 0 Å². The van der Waals surface area contributed by atoms with E-state index in [-0.39, 0.29) is 28.3 Å². The van der Waals surface area contributed by atoms with E-state index in [2.05, 4.69) is 0 Å². The molecule has 6 nitrogen and oxygen atoms in total. The SMILES string of the molecule is Cc1ccc(N2CCN(C(=O)c3cc(S(C)(=O)=O)ccc3OC(C)C)CC2)c(F)c1. The maximum Gasteiger partial charge on any atom is 0.257 e. The van der Waals surface area contributed by atoms with Crippen molar-refractivity contribution in [3.63, 3.8) is 0 Å². The normalized spacial score (nSPS) is 14.9. The molecular weight excluding hydrogens is 407 g/mol. The van der Waals surface area contributed by atoms with E-state index in [9.17, 15) is 17.6 Å². The van der Waals surface area contributed by atoms with Gasteiger partial charge < -0.3 is 14.5 Å². The zero-order valence-electron chi connectivity index (χ0n) is 17.7. The van der Waals surface area contributed by atoms with Crippen molar-refractivity contribution < 1.29 is 22.3 Å². The minimum Gasteiger partial charge on any atom is -0.490 e. The largest absolute Gasteiger partial charge is 0.490 e. The van der Waals surface area contributed by atoms with Crippen LogP contribution in [0.25, 0.3) is 0 Å². The van der Waals surface area contributed by atoms with Crippen molar-refractivity contribution in [1.29, 1.82) is 0 Å². The monoisotopic (exact) mass is 434 g/mol. The van der Waals surface area contributed by atoms with Crippen LogP contribution in [0.2, 0.25) is 0 Å². The number of rotatable bonds is 5. The molecule has 0 bridgehead atoms. The molecule has 30 heavy (non-hydrogen) atoms. The predicted octanol–water partition coefficient (Wildman–Crippen LogP) is 3.29. The van der Waals surface area contributed by atoms with Gasteiger partial charge in [-0.3, -0.25) is 4.79 Å². The third-order valence-corrected chi connectivity index (χ3v) is 6.09. The molecule has 1 fully saturated rings. The fourth-order valence-corrected chi connectivity index (χ4v) is 4.10. The molecule has 0 atom stereocenters. The molecule has 1 saturated heterocycles. The first-order chi connectivity index (χ1) is 14.1. The van der Waals surface area contributed by atoms with E-state index in [0.717, 1.165) is 11.8 Å². The number of hydrogen-bond donors (Lipinski definition) is 0. The molecule has 1 heterocycles. The van der Waals surface area contributed by atoms with E-state index in [1.807, 2.05) is 31.7 Å². The van der Waals surface area contributed by atoms with E-state index in [1.165, 1.54) is 24.3 Å². The predicted molar refractivity (Wildman–Crippen MR) is 115 cm³/mol. The summed E-state index contributed by atoms with van der Waals surface area (Å²) < 4.78 is 44.0. The zero-order chi connectivity index (χ0) is 22.1. The molecule has 1 aliphatic rings. The fraction of sp³-hybridized carbons (Fsp3) is 0.409. The maximum atomic E-state index is 14.3. The summed E-state index contributed by atoms with van der Waals surface area (Å²) in [6.45, 7) is 7.29. The van der Waals surface area contributed by atoms with Crippen molar-refractivity contribution in [2.24, 2.45) is 0 Å². The minimum absolute atomic E-state index is 0.0716. The summed E-state index contributed by atoms with van der Waals surface area (Å²) in [6, 6.07) is 9.47. The van der Waals surface area contributed by atoms with Gasteiger partial charge in [-0.1, -0.05) is 6.07 Å². The summed E-state index contributed by atoms with van der Waals surface area (Å²) in [6.07, 6.45) is 0.941. The summed E-state index contributed by atoms with van der Waals surface area (Å²) in [4.78, 5) is 16.8. The Balaban J connectivity index is 1.81. The van der Waals surface area contributed by atoms with Crippen LogP contribution in [0.15, 0.2) is 41.3 Å². The first-order valence-corrected chi connectivity index (χ1v) is 11.8. The third-order valence-electron chi connectivity index (χ3n) is 4.98. The molecule has 0 N–H and O–H groups in total. The van der Waals surface area contributed by atoms with Crippen LogP contribution in [0.3, 0.4) is 0 Å². The van der Waals surface area contributed by atoms with Crippen molar-refractivity contribution >= 4 is 21.4 Å². The number of amides is 1. The molecule has 2 aromatic carbocycles. The molecule has 0 saturated carbocycles. The van der Waals surface area contributed by atoms with Crippen molar-refractivity contribution in [3.8, 4) is 5.75 Å². The Morgan fingerprint density at radius 2 is 1.73 bits per heavy atom. The van der Waals surface area contributed by atoms with Gasteiger partial charge in [0.25, 0.3) is 5.91 Å². The van der Waals surface area contributed by atoms with Crippen LogP contribution >= 0.6 is 0 Å². The quantitative estimate of drug-likeness (QED) is 0.723. The number of benzene rings is 2. The van der Waals surface area contributed by atoms with Gasteiger partial charge in [-0.25, -0.2) is 12.8 Å². The molecule has 0 aromatic heterocycles. The Labute approximate surface area is 177 Å². The van der Waals surface area contributed by atoms with E-state index >= 15 is 0 Å². The maximum absolute atomic E-state index is 14.3. The van der Waals surface area contributed by atoms with Gasteiger partial charge in [0.2, 0.25) is 0 Å². The highest BCUT2D eigenvalue weighted by Crippen LogP contribution is 2.27. The molecular formula is C22H27FN2O4S. The number of sulfone groups is 1. The van der Waals surface area contributed by atoms with Crippen LogP contribution < -0.4 is 9.64 Å². The fourth-order valence-electron chi connectivity index (χ4n) is 3.45. The highest BCUT2D eigenvalue weighted by atomic mass is 32.2. The molecule has 3 rings (SSSR count). The van der Waals surface area contributed by atoms with Crippen molar-refractivity contribution in [1.82, 2.24) is 4.90 Å². The van der Waals surface area contributed by atoms with Crippen LogP contribution in [0.5, 0.6) is 5.75 Å². The van der Waals surface area contributed by atoms with Gasteiger partial charge >= 0.3 is 0 Å². The van der Waals surface area contributed by atoms with Crippen LogP contribution in [-0.2, 0) is 9.84 Å².